The van der Waals surface area contributed by atoms with Crippen LogP contribution in [0.2, 0.25) is 0 Å². The van der Waals surface area contributed by atoms with E-state index in [9.17, 15) is 0 Å². The lowest BCUT2D eigenvalue weighted by Gasteiger charge is -1.98. The predicted octanol–water partition coefficient (Wildman–Crippen LogP) is 0.544. The average molecular weight is 261 g/mol. The molecule has 0 aliphatic rings. The number of hydrogen-bond donors (Lipinski definition) is 2. The van der Waals surface area contributed by atoms with Gasteiger partial charge in [-0.1, -0.05) is 25.8 Å². The standard InChI is InChI=1S/C12H16BN3O3/c1-2-3-4-5-11-15-16-12(19-11)10-7-6-9(8-14-10)13(17)18/h6-8,17-18H,2-5H2,1H3. The van der Waals surface area contributed by atoms with Crippen LogP contribution in [0.1, 0.15) is 32.1 Å². The summed E-state index contributed by atoms with van der Waals surface area (Å²) >= 11 is 0. The van der Waals surface area contributed by atoms with Crippen molar-refractivity contribution in [2.75, 3.05) is 0 Å². The number of unbranched alkanes of at least 4 members (excludes halogenated alkanes) is 2. The molecule has 19 heavy (non-hydrogen) atoms. The monoisotopic (exact) mass is 261 g/mol. The molecule has 2 aromatic heterocycles. The van der Waals surface area contributed by atoms with Gasteiger partial charge in [0, 0.05) is 18.1 Å². The summed E-state index contributed by atoms with van der Waals surface area (Å²) in [4.78, 5) is 4.06. The molecule has 0 spiro atoms. The Morgan fingerprint density at radius 2 is 2.05 bits per heavy atom. The van der Waals surface area contributed by atoms with Crippen molar-refractivity contribution in [3.8, 4) is 11.6 Å². The van der Waals surface area contributed by atoms with Gasteiger partial charge in [0.15, 0.2) is 0 Å². The van der Waals surface area contributed by atoms with Gasteiger partial charge >= 0.3 is 7.12 Å². The molecule has 0 saturated carbocycles. The van der Waals surface area contributed by atoms with Crippen molar-refractivity contribution in [1.29, 1.82) is 0 Å². The Labute approximate surface area is 111 Å². The van der Waals surface area contributed by atoms with Crippen molar-refractivity contribution in [3.05, 3.63) is 24.2 Å². The Morgan fingerprint density at radius 1 is 1.21 bits per heavy atom. The van der Waals surface area contributed by atoms with Crippen LogP contribution in [0.3, 0.4) is 0 Å². The van der Waals surface area contributed by atoms with Crippen molar-refractivity contribution >= 4 is 12.6 Å². The van der Waals surface area contributed by atoms with Crippen LogP contribution in [0.4, 0.5) is 0 Å². The highest BCUT2D eigenvalue weighted by molar-refractivity contribution is 6.58. The van der Waals surface area contributed by atoms with Gasteiger partial charge in [-0.05, 0) is 12.5 Å². The van der Waals surface area contributed by atoms with Crippen molar-refractivity contribution < 1.29 is 14.5 Å². The third-order valence-corrected chi connectivity index (χ3v) is 2.76. The van der Waals surface area contributed by atoms with Crippen molar-refractivity contribution in [3.63, 3.8) is 0 Å². The minimum atomic E-state index is -1.52. The maximum atomic E-state index is 8.97. The molecule has 100 valence electrons. The molecule has 0 fully saturated rings. The van der Waals surface area contributed by atoms with Gasteiger partial charge in [-0.3, -0.25) is 4.98 Å². The molecule has 6 nitrogen and oxygen atoms in total. The molecule has 0 saturated heterocycles. The minimum absolute atomic E-state index is 0.325. The summed E-state index contributed by atoms with van der Waals surface area (Å²) < 4.78 is 5.51. The van der Waals surface area contributed by atoms with Crippen LogP contribution in [0, 0.1) is 0 Å². The van der Waals surface area contributed by atoms with Crippen molar-refractivity contribution in [1.82, 2.24) is 15.2 Å². The third kappa shape index (κ3) is 3.62. The van der Waals surface area contributed by atoms with Gasteiger partial charge in [0.1, 0.15) is 5.69 Å². The van der Waals surface area contributed by atoms with Crippen LogP contribution in [0.5, 0.6) is 0 Å². The molecule has 2 aromatic rings. The summed E-state index contributed by atoms with van der Waals surface area (Å²) in [7, 11) is -1.52. The lowest BCUT2D eigenvalue weighted by molar-refractivity contribution is 0.425. The molecule has 0 aliphatic heterocycles. The Kier molecular flexibility index (Phi) is 4.65. The molecule has 0 amide bonds. The van der Waals surface area contributed by atoms with E-state index in [1.54, 1.807) is 12.1 Å². The van der Waals surface area contributed by atoms with Crippen LogP contribution in [0.15, 0.2) is 22.7 Å². The first-order valence-electron chi connectivity index (χ1n) is 6.35. The Balaban J connectivity index is 2.05. The zero-order valence-corrected chi connectivity index (χ0v) is 10.8. The normalized spacial score (nSPS) is 10.7. The fourth-order valence-electron chi connectivity index (χ4n) is 1.67. The number of aromatic nitrogens is 3. The van der Waals surface area contributed by atoms with E-state index in [0.29, 0.717) is 22.9 Å². The Morgan fingerprint density at radius 3 is 2.68 bits per heavy atom. The molecular formula is C12H16BN3O3. The summed E-state index contributed by atoms with van der Waals surface area (Å²) in [6, 6.07) is 3.19. The summed E-state index contributed by atoms with van der Waals surface area (Å²) in [6.07, 6.45) is 5.46. The first-order valence-corrected chi connectivity index (χ1v) is 6.35. The molecule has 2 heterocycles. The third-order valence-electron chi connectivity index (χ3n) is 2.76. The second-order valence-electron chi connectivity index (χ2n) is 4.31. The van der Waals surface area contributed by atoms with Gasteiger partial charge in [0.25, 0.3) is 5.89 Å². The lowest BCUT2D eigenvalue weighted by atomic mass is 9.82. The SMILES string of the molecule is CCCCCc1nnc(-c2ccc(B(O)O)cn2)o1. The fraction of sp³-hybridized carbons (Fsp3) is 0.417. The van der Waals surface area contributed by atoms with Gasteiger partial charge in [-0.2, -0.15) is 0 Å². The summed E-state index contributed by atoms with van der Waals surface area (Å²) in [5.74, 6) is 0.960. The van der Waals surface area contributed by atoms with Crippen molar-refractivity contribution in [2.45, 2.75) is 32.6 Å². The molecule has 0 bridgehead atoms. The second kappa shape index (κ2) is 6.44. The number of pyridine rings is 1. The van der Waals surface area contributed by atoms with Crippen LogP contribution in [-0.4, -0.2) is 32.3 Å². The first-order chi connectivity index (χ1) is 9.20. The molecule has 0 aliphatic carbocycles. The largest absolute Gasteiger partial charge is 0.490 e. The maximum Gasteiger partial charge on any atom is 0.490 e. The van der Waals surface area contributed by atoms with Gasteiger partial charge < -0.3 is 14.5 Å². The van der Waals surface area contributed by atoms with Gasteiger partial charge in [0.2, 0.25) is 5.89 Å². The van der Waals surface area contributed by atoms with Crippen LogP contribution < -0.4 is 5.46 Å². The molecule has 7 heteroatoms. The zero-order valence-electron chi connectivity index (χ0n) is 10.8. The van der Waals surface area contributed by atoms with E-state index < -0.39 is 7.12 Å². The van der Waals surface area contributed by atoms with E-state index in [1.807, 2.05) is 0 Å². The molecule has 0 atom stereocenters. The van der Waals surface area contributed by atoms with Crippen molar-refractivity contribution in [2.24, 2.45) is 0 Å². The van der Waals surface area contributed by atoms with E-state index in [4.69, 9.17) is 14.5 Å². The smallest absolute Gasteiger partial charge is 0.423 e. The Hall–Kier alpha value is -1.73. The highest BCUT2D eigenvalue weighted by atomic mass is 16.4. The maximum absolute atomic E-state index is 8.97. The van der Waals surface area contributed by atoms with E-state index in [-0.39, 0.29) is 0 Å². The van der Waals surface area contributed by atoms with Crippen LogP contribution in [-0.2, 0) is 6.42 Å². The number of hydrogen-bond acceptors (Lipinski definition) is 6. The molecule has 0 aromatic carbocycles. The average Bonchev–Trinajstić information content (AvgIpc) is 2.88. The molecule has 2 N–H and O–H groups in total. The number of nitrogens with zero attached hydrogens (tertiary/aromatic N) is 3. The van der Waals surface area contributed by atoms with Gasteiger partial charge in [0.05, 0.1) is 0 Å². The van der Waals surface area contributed by atoms with E-state index in [0.717, 1.165) is 25.7 Å². The van der Waals surface area contributed by atoms with Gasteiger partial charge in [-0.15, -0.1) is 10.2 Å². The quantitative estimate of drug-likeness (QED) is 0.582. The zero-order chi connectivity index (χ0) is 13.7. The summed E-state index contributed by atoms with van der Waals surface area (Å²) in [5.41, 5.74) is 0.852. The first kappa shape index (κ1) is 13.7. The molecule has 2 rings (SSSR count). The van der Waals surface area contributed by atoms with E-state index in [2.05, 4.69) is 22.1 Å². The minimum Gasteiger partial charge on any atom is -0.423 e. The number of aryl methyl sites for hydroxylation is 1. The van der Waals surface area contributed by atoms with E-state index in [1.165, 1.54) is 6.20 Å². The predicted molar refractivity (Wildman–Crippen MR) is 70.6 cm³/mol. The second-order valence-corrected chi connectivity index (χ2v) is 4.31. The highest BCUT2D eigenvalue weighted by Crippen LogP contribution is 2.15. The van der Waals surface area contributed by atoms with Gasteiger partial charge in [-0.25, -0.2) is 0 Å². The Bertz CT molecular complexity index is 513. The summed E-state index contributed by atoms with van der Waals surface area (Å²) in [6.45, 7) is 2.14. The highest BCUT2D eigenvalue weighted by Gasteiger charge is 2.13. The fourth-order valence-corrected chi connectivity index (χ4v) is 1.67. The molecule has 0 unspecified atom stereocenters. The lowest BCUT2D eigenvalue weighted by Crippen LogP contribution is -2.29. The number of rotatable bonds is 6. The van der Waals surface area contributed by atoms with E-state index >= 15 is 0 Å². The molecular weight excluding hydrogens is 245 g/mol. The topological polar surface area (TPSA) is 92.3 Å². The van der Waals surface area contributed by atoms with Crippen LogP contribution in [0.25, 0.3) is 11.6 Å². The van der Waals surface area contributed by atoms with Crippen LogP contribution >= 0.6 is 0 Å². The summed E-state index contributed by atoms with van der Waals surface area (Å²) in [5, 5.41) is 25.8. The molecule has 0 radical (unpaired) electrons.